The summed E-state index contributed by atoms with van der Waals surface area (Å²) in [6.45, 7) is 3.12. The fraction of sp³-hybridized carbons (Fsp3) is 0.409. The molecule has 0 saturated heterocycles. The van der Waals surface area contributed by atoms with Gasteiger partial charge in [0.15, 0.2) is 11.6 Å². The molecule has 34 heavy (non-hydrogen) atoms. The highest BCUT2D eigenvalue weighted by Gasteiger charge is 2.38. The van der Waals surface area contributed by atoms with E-state index in [1.54, 1.807) is 17.7 Å². The van der Waals surface area contributed by atoms with Gasteiger partial charge in [0, 0.05) is 30.5 Å². The van der Waals surface area contributed by atoms with Crippen molar-refractivity contribution in [2.45, 2.75) is 50.7 Å². The predicted molar refractivity (Wildman–Crippen MR) is 126 cm³/mol. The maximum atomic E-state index is 5.12. The van der Waals surface area contributed by atoms with E-state index in [0.29, 0.717) is 5.82 Å². The van der Waals surface area contributed by atoms with Gasteiger partial charge in [0.25, 0.3) is 0 Å². The summed E-state index contributed by atoms with van der Waals surface area (Å²) in [5, 5.41) is 20.6. The molecule has 1 N–H and O–H groups in total. The van der Waals surface area contributed by atoms with Crippen LogP contribution in [0.3, 0.4) is 0 Å². The van der Waals surface area contributed by atoms with Gasteiger partial charge in [-0.15, -0.1) is 21.5 Å². The number of anilines is 2. The fourth-order valence-electron chi connectivity index (χ4n) is 4.80. The number of nitrogens with one attached hydrogen (secondary N) is 1. The third kappa shape index (κ3) is 3.12. The molecule has 0 aromatic carbocycles. The van der Waals surface area contributed by atoms with Gasteiger partial charge in [0.05, 0.1) is 30.0 Å². The quantitative estimate of drug-likeness (QED) is 0.454. The Hall–Kier alpha value is -3.67. The van der Waals surface area contributed by atoms with Crippen molar-refractivity contribution in [1.82, 2.24) is 44.9 Å². The van der Waals surface area contributed by atoms with E-state index < -0.39 is 0 Å². The van der Waals surface area contributed by atoms with Crippen molar-refractivity contribution in [2.24, 2.45) is 11.0 Å². The van der Waals surface area contributed by atoms with Crippen molar-refractivity contribution in [3.63, 3.8) is 0 Å². The first kappa shape index (κ1) is 19.8. The zero-order valence-corrected chi connectivity index (χ0v) is 19.4. The van der Waals surface area contributed by atoms with E-state index in [0.717, 1.165) is 46.9 Å². The molecule has 1 saturated carbocycles. The van der Waals surface area contributed by atoms with Crippen LogP contribution in [0.4, 0.5) is 11.5 Å². The van der Waals surface area contributed by atoms with Crippen molar-refractivity contribution in [3.8, 4) is 5.69 Å². The van der Waals surface area contributed by atoms with Crippen LogP contribution in [0, 0.1) is 5.92 Å². The van der Waals surface area contributed by atoms with Gasteiger partial charge in [-0.3, -0.25) is 14.7 Å². The standard InChI is InChI=1S/C22H23N11S/c1-2-16-21-30-26-12-32(21)17-9-24-19(15-8-25-29-18(15)22-23-5-6-34-22)28-20(17)33(16)14-7-27-31(11-14)10-13-3-4-13/h5-9,11-13,15-16,18,29H,2-4,10H2,1H3. The lowest BCUT2D eigenvalue weighted by molar-refractivity contribution is 0.548. The Kier molecular flexibility index (Phi) is 4.47. The largest absolute Gasteiger partial charge is 0.311 e. The van der Waals surface area contributed by atoms with Crippen molar-refractivity contribution in [1.29, 1.82) is 0 Å². The predicted octanol–water partition coefficient (Wildman–Crippen LogP) is 3.14. The minimum Gasteiger partial charge on any atom is -0.311 e. The summed E-state index contributed by atoms with van der Waals surface area (Å²) in [5.74, 6) is 3.05. The lowest BCUT2D eigenvalue weighted by Gasteiger charge is -2.36. The monoisotopic (exact) mass is 473 g/mol. The zero-order chi connectivity index (χ0) is 22.6. The number of fused-ring (bicyclic) bond motifs is 3. The minimum absolute atomic E-state index is 0.0125. The van der Waals surface area contributed by atoms with Gasteiger partial charge < -0.3 is 4.90 Å². The van der Waals surface area contributed by atoms with Crippen LogP contribution in [0.25, 0.3) is 5.69 Å². The molecule has 2 aliphatic heterocycles. The Morgan fingerprint density at radius 1 is 1.21 bits per heavy atom. The van der Waals surface area contributed by atoms with Crippen molar-refractivity contribution in [3.05, 3.63) is 53.2 Å². The van der Waals surface area contributed by atoms with Crippen LogP contribution in [0.1, 0.15) is 60.8 Å². The van der Waals surface area contributed by atoms with E-state index in [2.05, 4.69) is 48.8 Å². The summed E-state index contributed by atoms with van der Waals surface area (Å²) in [6, 6.07) is -0.0923. The number of nitrogens with zero attached hydrogens (tertiary/aromatic N) is 10. The number of aromatic nitrogens is 8. The second-order valence-electron chi connectivity index (χ2n) is 8.94. The highest BCUT2D eigenvalue weighted by atomic mass is 32.1. The molecule has 6 heterocycles. The van der Waals surface area contributed by atoms with Gasteiger partial charge >= 0.3 is 0 Å². The van der Waals surface area contributed by atoms with Gasteiger partial charge in [0.2, 0.25) is 0 Å². The molecular weight excluding hydrogens is 450 g/mol. The maximum Gasteiger partial charge on any atom is 0.162 e. The Labute approximate surface area is 199 Å². The topological polar surface area (TPSA) is 115 Å². The van der Waals surface area contributed by atoms with Crippen LogP contribution < -0.4 is 10.3 Å². The number of hydrogen-bond acceptors (Lipinski definition) is 10. The summed E-state index contributed by atoms with van der Waals surface area (Å²) in [7, 11) is 0. The summed E-state index contributed by atoms with van der Waals surface area (Å²) in [6.07, 6.45) is 14.8. The van der Waals surface area contributed by atoms with Crippen molar-refractivity contribution >= 4 is 29.1 Å². The summed E-state index contributed by atoms with van der Waals surface area (Å²) >= 11 is 1.60. The molecule has 0 radical (unpaired) electrons. The van der Waals surface area contributed by atoms with E-state index >= 15 is 0 Å². The van der Waals surface area contributed by atoms with Gasteiger partial charge in [-0.25, -0.2) is 15.0 Å². The number of rotatable bonds is 6. The third-order valence-corrected chi connectivity index (χ3v) is 7.55. The minimum atomic E-state index is -0.113. The fourth-order valence-corrected chi connectivity index (χ4v) is 5.53. The van der Waals surface area contributed by atoms with E-state index in [4.69, 9.17) is 9.97 Å². The van der Waals surface area contributed by atoms with Crippen LogP contribution in [0.15, 0.2) is 41.6 Å². The van der Waals surface area contributed by atoms with E-state index in [1.807, 2.05) is 39.4 Å². The van der Waals surface area contributed by atoms with E-state index in [1.165, 1.54) is 12.8 Å². The molecule has 4 aromatic heterocycles. The Balaban J connectivity index is 1.33. The molecule has 3 atom stereocenters. The first-order valence-corrected chi connectivity index (χ1v) is 12.4. The molecule has 0 bridgehead atoms. The normalized spacial score (nSPS) is 23.1. The van der Waals surface area contributed by atoms with Crippen LogP contribution in [-0.4, -0.2) is 45.7 Å². The molecule has 1 aliphatic carbocycles. The van der Waals surface area contributed by atoms with Crippen LogP contribution in [0.2, 0.25) is 0 Å². The molecule has 4 aromatic rings. The van der Waals surface area contributed by atoms with Gasteiger partial charge in [0.1, 0.15) is 28.9 Å². The average Bonchev–Trinajstić information content (AvgIpc) is 3.38. The van der Waals surface area contributed by atoms with Gasteiger partial charge in [-0.1, -0.05) is 6.92 Å². The Morgan fingerprint density at radius 2 is 2.15 bits per heavy atom. The average molecular weight is 474 g/mol. The molecular formula is C22H23N11S. The molecule has 3 aliphatic rings. The van der Waals surface area contributed by atoms with E-state index in [-0.39, 0.29) is 18.0 Å². The third-order valence-electron chi connectivity index (χ3n) is 6.69. The maximum absolute atomic E-state index is 5.12. The second-order valence-corrected chi connectivity index (χ2v) is 9.86. The second kappa shape index (κ2) is 7.69. The molecule has 3 unspecified atom stereocenters. The van der Waals surface area contributed by atoms with Crippen LogP contribution in [0.5, 0.6) is 0 Å². The van der Waals surface area contributed by atoms with Crippen molar-refractivity contribution in [2.75, 3.05) is 4.90 Å². The number of hydrogen-bond donors (Lipinski definition) is 1. The Morgan fingerprint density at radius 3 is 2.97 bits per heavy atom. The SMILES string of the molecule is CCC1c2nncn2-c2cnc(C3C=NNC3c3nccs3)nc2N1c1cnn(CC2CC2)c1. The molecule has 7 rings (SSSR count). The van der Waals surface area contributed by atoms with Gasteiger partial charge in [-0.05, 0) is 25.2 Å². The van der Waals surface area contributed by atoms with Crippen LogP contribution in [-0.2, 0) is 6.54 Å². The lowest BCUT2D eigenvalue weighted by atomic mass is 10.0. The highest BCUT2D eigenvalue weighted by molar-refractivity contribution is 7.09. The van der Waals surface area contributed by atoms with Crippen LogP contribution >= 0.6 is 11.3 Å². The number of thiazole rings is 1. The van der Waals surface area contributed by atoms with Gasteiger partial charge in [-0.2, -0.15) is 10.2 Å². The lowest BCUT2D eigenvalue weighted by Crippen LogP contribution is -2.32. The smallest absolute Gasteiger partial charge is 0.162 e. The highest BCUT2D eigenvalue weighted by Crippen LogP contribution is 2.44. The molecule has 172 valence electrons. The summed E-state index contributed by atoms with van der Waals surface area (Å²) in [4.78, 5) is 16.6. The molecule has 1 fully saturated rings. The first-order chi connectivity index (χ1) is 16.8. The first-order valence-electron chi connectivity index (χ1n) is 11.6. The molecule has 12 heteroatoms. The number of hydrazone groups is 1. The summed E-state index contributed by atoms with van der Waals surface area (Å²) in [5.41, 5.74) is 5.04. The van der Waals surface area contributed by atoms with E-state index in [9.17, 15) is 0 Å². The van der Waals surface area contributed by atoms with Crippen molar-refractivity contribution < 1.29 is 0 Å². The summed E-state index contributed by atoms with van der Waals surface area (Å²) < 4.78 is 4.05. The molecule has 0 amide bonds. The Bertz CT molecular complexity index is 1350. The molecule has 11 nitrogen and oxygen atoms in total. The molecule has 0 spiro atoms. The zero-order valence-electron chi connectivity index (χ0n) is 18.6.